The molecule has 7 heteroatoms. The highest BCUT2D eigenvalue weighted by atomic mass is 15.4. The molecule has 0 amide bonds. The predicted octanol–water partition coefficient (Wildman–Crippen LogP) is 2.72. The van der Waals surface area contributed by atoms with Crippen LogP contribution in [0, 0.1) is 6.92 Å². The second-order valence-corrected chi connectivity index (χ2v) is 7.73. The van der Waals surface area contributed by atoms with Gasteiger partial charge in [-0.2, -0.15) is 0 Å². The first-order valence-electron chi connectivity index (χ1n) is 10.1. The highest BCUT2D eigenvalue weighted by Gasteiger charge is 2.41. The highest BCUT2D eigenvalue weighted by Crippen LogP contribution is 2.29. The molecule has 2 aromatic rings. The highest BCUT2D eigenvalue weighted by molar-refractivity contribution is 6.41. The van der Waals surface area contributed by atoms with E-state index < -0.39 is 0 Å². The molecule has 0 spiro atoms. The second kappa shape index (κ2) is 7.05. The molecule has 3 aliphatic heterocycles. The summed E-state index contributed by atoms with van der Waals surface area (Å²) in [5, 5.41) is 0. The summed E-state index contributed by atoms with van der Waals surface area (Å²) in [6.07, 6.45) is 10.3. The van der Waals surface area contributed by atoms with Gasteiger partial charge in [0, 0.05) is 38.1 Å². The topological polar surface area (TPSA) is 69.9 Å². The van der Waals surface area contributed by atoms with Crippen molar-refractivity contribution in [3.63, 3.8) is 0 Å². The van der Waals surface area contributed by atoms with E-state index >= 15 is 0 Å². The van der Waals surface area contributed by atoms with Gasteiger partial charge in [-0.1, -0.05) is 0 Å². The lowest BCUT2D eigenvalue weighted by atomic mass is 10.1. The zero-order valence-corrected chi connectivity index (χ0v) is 16.4. The molecule has 1 fully saturated rings. The van der Waals surface area contributed by atoms with Gasteiger partial charge in [0.15, 0.2) is 5.84 Å². The van der Waals surface area contributed by atoms with Crippen LogP contribution < -0.4 is 0 Å². The first-order chi connectivity index (χ1) is 13.7. The Morgan fingerprint density at radius 1 is 1.14 bits per heavy atom. The molecule has 1 saturated heterocycles. The van der Waals surface area contributed by atoms with Crippen molar-refractivity contribution >= 4 is 22.6 Å². The molecule has 2 unspecified atom stereocenters. The Bertz CT molecular complexity index is 987. The standard InChI is InChI=1S/C21H25N7/c1-14-19-16(6-5-9-23-19)25-18(24-14)8-7-17-21(27-11-3-4-12-27)28-13-10-22-15(2)20(28)26-17/h5-6,9-10,13,17,21H,3-4,7-8,11-12H2,1-2H3. The lowest BCUT2D eigenvalue weighted by Crippen LogP contribution is -2.50. The van der Waals surface area contributed by atoms with E-state index in [1.165, 1.54) is 12.8 Å². The summed E-state index contributed by atoms with van der Waals surface area (Å²) in [4.78, 5) is 28.2. The van der Waals surface area contributed by atoms with E-state index in [0.29, 0.717) is 0 Å². The maximum absolute atomic E-state index is 5.07. The lowest BCUT2D eigenvalue weighted by Gasteiger charge is -2.35. The number of fused-ring (bicyclic) bond motifs is 2. The monoisotopic (exact) mass is 375 g/mol. The fourth-order valence-corrected chi connectivity index (χ4v) is 4.52. The summed E-state index contributed by atoms with van der Waals surface area (Å²) < 4.78 is 0. The summed E-state index contributed by atoms with van der Waals surface area (Å²) in [6, 6.07) is 4.14. The van der Waals surface area contributed by atoms with E-state index in [2.05, 4.69) is 26.0 Å². The quantitative estimate of drug-likeness (QED) is 0.822. The van der Waals surface area contributed by atoms with Gasteiger partial charge in [-0.3, -0.25) is 19.9 Å². The maximum Gasteiger partial charge on any atom is 0.151 e. The fraction of sp³-hybridized carbons (Fsp3) is 0.476. The minimum absolute atomic E-state index is 0.203. The van der Waals surface area contributed by atoms with Crippen LogP contribution >= 0.6 is 0 Å². The molecule has 0 radical (unpaired) electrons. The van der Waals surface area contributed by atoms with E-state index in [1.807, 2.05) is 32.2 Å². The third kappa shape index (κ3) is 2.99. The van der Waals surface area contributed by atoms with Crippen molar-refractivity contribution in [3.8, 4) is 0 Å². The summed E-state index contributed by atoms with van der Waals surface area (Å²) >= 11 is 0. The number of pyridine rings is 1. The van der Waals surface area contributed by atoms with Gasteiger partial charge in [0.05, 0.1) is 23.0 Å². The van der Waals surface area contributed by atoms with Crippen LogP contribution in [0.15, 0.2) is 40.7 Å². The number of rotatable bonds is 4. The minimum atomic E-state index is 0.203. The zero-order valence-electron chi connectivity index (χ0n) is 16.4. The van der Waals surface area contributed by atoms with E-state index in [4.69, 9.17) is 15.0 Å². The summed E-state index contributed by atoms with van der Waals surface area (Å²) in [5.41, 5.74) is 3.74. The van der Waals surface area contributed by atoms with Crippen LogP contribution in [0.3, 0.4) is 0 Å². The molecule has 2 aromatic heterocycles. The first-order valence-corrected chi connectivity index (χ1v) is 10.1. The lowest BCUT2D eigenvalue weighted by molar-refractivity contribution is 0.135. The van der Waals surface area contributed by atoms with Gasteiger partial charge in [-0.05, 0) is 45.2 Å². The fourth-order valence-electron chi connectivity index (χ4n) is 4.52. The summed E-state index contributed by atoms with van der Waals surface area (Å²) in [5.74, 6) is 1.90. The van der Waals surface area contributed by atoms with E-state index in [1.54, 1.807) is 6.20 Å². The summed E-state index contributed by atoms with van der Waals surface area (Å²) in [7, 11) is 0. The maximum atomic E-state index is 5.07. The number of hydrogen-bond donors (Lipinski definition) is 0. The Kier molecular flexibility index (Phi) is 4.39. The first kappa shape index (κ1) is 17.4. The number of aryl methyl sites for hydroxylation is 2. The van der Waals surface area contributed by atoms with Gasteiger partial charge >= 0.3 is 0 Å². The molecular formula is C21H25N7. The van der Waals surface area contributed by atoms with E-state index in [-0.39, 0.29) is 12.2 Å². The van der Waals surface area contributed by atoms with E-state index in [0.717, 1.165) is 60.0 Å². The van der Waals surface area contributed by atoms with Crippen LogP contribution in [0.5, 0.6) is 0 Å². The number of likely N-dealkylation sites (tertiary alicyclic amines) is 1. The van der Waals surface area contributed by atoms with Gasteiger partial charge in [0.1, 0.15) is 17.5 Å². The van der Waals surface area contributed by atoms with Crippen LogP contribution in [0.25, 0.3) is 11.0 Å². The second-order valence-electron chi connectivity index (χ2n) is 7.73. The Morgan fingerprint density at radius 3 is 2.86 bits per heavy atom. The normalized spacial score (nSPS) is 24.6. The molecule has 0 aromatic carbocycles. The van der Waals surface area contributed by atoms with Crippen LogP contribution in [0.1, 0.15) is 37.7 Å². The van der Waals surface area contributed by atoms with Gasteiger partial charge < -0.3 is 4.90 Å². The van der Waals surface area contributed by atoms with Crippen LogP contribution in [-0.2, 0) is 6.42 Å². The van der Waals surface area contributed by atoms with E-state index in [9.17, 15) is 0 Å². The molecule has 5 rings (SSSR count). The van der Waals surface area contributed by atoms with Crippen molar-refractivity contribution in [2.24, 2.45) is 9.98 Å². The van der Waals surface area contributed by atoms with Crippen LogP contribution in [0.4, 0.5) is 0 Å². The molecule has 0 bridgehead atoms. The van der Waals surface area contributed by atoms with Crippen molar-refractivity contribution in [1.29, 1.82) is 0 Å². The molecule has 28 heavy (non-hydrogen) atoms. The summed E-state index contributed by atoms with van der Waals surface area (Å²) in [6.45, 7) is 6.33. The Hall–Kier alpha value is -2.67. The average molecular weight is 375 g/mol. The Labute approximate surface area is 164 Å². The van der Waals surface area contributed by atoms with Crippen molar-refractivity contribution < 1.29 is 0 Å². The molecule has 3 aliphatic rings. The number of aromatic nitrogens is 3. The molecular weight excluding hydrogens is 350 g/mol. The molecule has 0 N–H and O–H groups in total. The predicted molar refractivity (Wildman–Crippen MR) is 110 cm³/mol. The average Bonchev–Trinajstić information content (AvgIpc) is 3.34. The van der Waals surface area contributed by atoms with Crippen molar-refractivity contribution in [3.05, 3.63) is 42.2 Å². The number of nitrogens with zero attached hydrogens (tertiary/aromatic N) is 7. The number of aliphatic imine (C=N–C) groups is 2. The van der Waals surface area contributed by atoms with Crippen molar-refractivity contribution in [2.45, 2.75) is 51.7 Å². The Balaban J connectivity index is 1.40. The molecule has 7 nitrogen and oxygen atoms in total. The van der Waals surface area contributed by atoms with Gasteiger partial charge in [0.25, 0.3) is 0 Å². The van der Waals surface area contributed by atoms with Crippen molar-refractivity contribution in [1.82, 2.24) is 24.8 Å². The molecule has 0 aliphatic carbocycles. The minimum Gasteiger partial charge on any atom is -0.312 e. The molecule has 144 valence electrons. The smallest absolute Gasteiger partial charge is 0.151 e. The van der Waals surface area contributed by atoms with Gasteiger partial charge in [0.2, 0.25) is 0 Å². The third-order valence-electron chi connectivity index (χ3n) is 5.83. The van der Waals surface area contributed by atoms with Gasteiger partial charge in [-0.15, -0.1) is 0 Å². The third-order valence-corrected chi connectivity index (χ3v) is 5.83. The van der Waals surface area contributed by atoms with Crippen LogP contribution in [-0.4, -0.2) is 61.6 Å². The Morgan fingerprint density at radius 2 is 2.00 bits per heavy atom. The van der Waals surface area contributed by atoms with Gasteiger partial charge in [-0.25, -0.2) is 9.97 Å². The molecule has 0 saturated carbocycles. The number of hydrogen-bond acceptors (Lipinski definition) is 7. The largest absolute Gasteiger partial charge is 0.312 e. The SMILES string of the molecule is CC1=NC=CN2C1=NC(CCc1nc(C)c3ncccc3n1)C2N1CCCC1. The number of amidine groups is 1. The van der Waals surface area contributed by atoms with Crippen molar-refractivity contribution in [2.75, 3.05) is 13.1 Å². The molecule has 2 atom stereocenters. The zero-order chi connectivity index (χ0) is 19.1. The molecule has 5 heterocycles. The van der Waals surface area contributed by atoms with Crippen LogP contribution in [0.2, 0.25) is 0 Å².